The molecular weight excluding hydrogens is 260 g/mol. The van der Waals surface area contributed by atoms with E-state index in [2.05, 4.69) is 18.9 Å². The lowest BCUT2D eigenvalue weighted by Crippen LogP contribution is -2.27. The number of ketones is 1. The highest BCUT2D eigenvalue weighted by Crippen LogP contribution is 2.36. The van der Waals surface area contributed by atoms with Crippen molar-refractivity contribution in [3.8, 4) is 5.69 Å². The summed E-state index contributed by atoms with van der Waals surface area (Å²) in [6, 6.07) is 7.56. The standard InChI is InChI=1S/C15H15ClN2O/c1-15(2)7-13-10(14(19)8-15)9-17-18(13)12-6-4-3-5-11(12)16/h3-6,9H,7-8H2,1-2H3. The number of rotatable bonds is 1. The van der Waals surface area contributed by atoms with Crippen LogP contribution in [-0.4, -0.2) is 15.6 Å². The summed E-state index contributed by atoms with van der Waals surface area (Å²) in [5.41, 5.74) is 2.51. The molecule has 0 bridgehead atoms. The monoisotopic (exact) mass is 274 g/mol. The van der Waals surface area contributed by atoms with Crippen molar-refractivity contribution in [2.45, 2.75) is 26.7 Å². The van der Waals surface area contributed by atoms with Gasteiger partial charge in [-0.15, -0.1) is 0 Å². The van der Waals surface area contributed by atoms with E-state index < -0.39 is 0 Å². The van der Waals surface area contributed by atoms with Gasteiger partial charge < -0.3 is 0 Å². The molecule has 3 rings (SSSR count). The van der Waals surface area contributed by atoms with Crippen LogP contribution < -0.4 is 0 Å². The molecule has 0 spiro atoms. The molecule has 0 unspecified atom stereocenters. The first-order chi connectivity index (χ1) is 8.98. The van der Waals surface area contributed by atoms with E-state index in [9.17, 15) is 4.79 Å². The maximum absolute atomic E-state index is 12.1. The highest BCUT2D eigenvalue weighted by atomic mass is 35.5. The minimum absolute atomic E-state index is 0.0247. The van der Waals surface area contributed by atoms with Gasteiger partial charge in [0.1, 0.15) is 0 Å². The largest absolute Gasteiger partial charge is 0.294 e. The van der Waals surface area contributed by atoms with E-state index in [0.717, 1.165) is 23.4 Å². The van der Waals surface area contributed by atoms with E-state index >= 15 is 0 Å². The Morgan fingerprint density at radius 1 is 1.26 bits per heavy atom. The average Bonchev–Trinajstić information content (AvgIpc) is 2.72. The van der Waals surface area contributed by atoms with Crippen molar-refractivity contribution in [2.75, 3.05) is 0 Å². The zero-order valence-corrected chi connectivity index (χ0v) is 11.7. The summed E-state index contributed by atoms with van der Waals surface area (Å²) in [6.07, 6.45) is 3.07. The molecule has 1 aromatic carbocycles. The van der Waals surface area contributed by atoms with Crippen molar-refractivity contribution >= 4 is 17.4 Å². The predicted octanol–water partition coefficient (Wildman–Crippen LogP) is 3.68. The van der Waals surface area contributed by atoms with Crippen molar-refractivity contribution in [1.29, 1.82) is 0 Å². The molecule has 1 aromatic heterocycles. The predicted molar refractivity (Wildman–Crippen MR) is 75.0 cm³/mol. The third-order valence-corrected chi connectivity index (χ3v) is 3.85. The number of halogens is 1. The molecule has 0 radical (unpaired) electrons. The zero-order chi connectivity index (χ0) is 13.6. The maximum Gasteiger partial charge on any atom is 0.166 e. The Labute approximate surface area is 117 Å². The molecule has 98 valence electrons. The summed E-state index contributed by atoms with van der Waals surface area (Å²) in [5, 5.41) is 5.00. The smallest absolute Gasteiger partial charge is 0.166 e. The van der Waals surface area contributed by atoms with Crippen LogP contribution in [0.15, 0.2) is 30.5 Å². The summed E-state index contributed by atoms with van der Waals surface area (Å²) in [5.74, 6) is 0.171. The van der Waals surface area contributed by atoms with Gasteiger partial charge in [0.2, 0.25) is 0 Å². The first kappa shape index (κ1) is 12.4. The number of carbonyl (C=O) groups is 1. The average molecular weight is 275 g/mol. The van der Waals surface area contributed by atoms with Crippen LogP contribution in [0.25, 0.3) is 5.69 Å². The molecule has 0 aliphatic heterocycles. The van der Waals surface area contributed by atoms with Gasteiger partial charge in [-0.2, -0.15) is 5.10 Å². The van der Waals surface area contributed by atoms with Crippen molar-refractivity contribution in [3.63, 3.8) is 0 Å². The summed E-state index contributed by atoms with van der Waals surface area (Å²) >= 11 is 6.22. The third kappa shape index (κ3) is 2.08. The number of nitrogens with zero attached hydrogens (tertiary/aromatic N) is 2. The number of carbonyl (C=O) groups excluding carboxylic acids is 1. The molecule has 1 aliphatic carbocycles. The van der Waals surface area contributed by atoms with Crippen LogP contribution in [0.5, 0.6) is 0 Å². The minimum atomic E-state index is -0.0247. The highest BCUT2D eigenvalue weighted by molar-refractivity contribution is 6.32. The van der Waals surface area contributed by atoms with Gasteiger partial charge in [-0.05, 0) is 24.0 Å². The van der Waals surface area contributed by atoms with Crippen LogP contribution in [0.3, 0.4) is 0 Å². The Balaban J connectivity index is 2.17. The quantitative estimate of drug-likeness (QED) is 0.795. The molecule has 19 heavy (non-hydrogen) atoms. The number of hydrogen-bond donors (Lipinski definition) is 0. The maximum atomic E-state index is 12.1. The number of Topliss-reactive ketones (excluding diaryl/α,β-unsaturated/α-hetero) is 1. The van der Waals surface area contributed by atoms with Gasteiger partial charge in [0.05, 0.1) is 28.2 Å². The first-order valence-corrected chi connectivity index (χ1v) is 6.71. The van der Waals surface area contributed by atoms with Crippen LogP contribution in [0.4, 0.5) is 0 Å². The van der Waals surface area contributed by atoms with Crippen molar-refractivity contribution in [2.24, 2.45) is 5.41 Å². The number of para-hydroxylation sites is 1. The van der Waals surface area contributed by atoms with Gasteiger partial charge >= 0.3 is 0 Å². The molecule has 0 N–H and O–H groups in total. The molecule has 3 nitrogen and oxygen atoms in total. The number of aromatic nitrogens is 2. The molecule has 1 heterocycles. The van der Waals surface area contributed by atoms with E-state index in [-0.39, 0.29) is 11.2 Å². The lowest BCUT2D eigenvalue weighted by Gasteiger charge is -2.29. The first-order valence-electron chi connectivity index (χ1n) is 6.33. The van der Waals surface area contributed by atoms with E-state index in [0.29, 0.717) is 11.4 Å². The summed E-state index contributed by atoms with van der Waals surface area (Å²) in [6.45, 7) is 4.22. The Kier molecular flexibility index (Phi) is 2.75. The Bertz CT molecular complexity index is 658. The molecule has 2 aromatic rings. The topological polar surface area (TPSA) is 34.9 Å². The van der Waals surface area contributed by atoms with Crippen molar-refractivity contribution in [3.05, 3.63) is 46.7 Å². The second kappa shape index (κ2) is 4.20. The fourth-order valence-corrected chi connectivity index (χ4v) is 2.87. The minimum Gasteiger partial charge on any atom is -0.294 e. The van der Waals surface area contributed by atoms with E-state index in [1.54, 1.807) is 10.9 Å². The van der Waals surface area contributed by atoms with Gasteiger partial charge in [-0.3, -0.25) is 4.79 Å². The Morgan fingerprint density at radius 3 is 2.74 bits per heavy atom. The molecule has 0 atom stereocenters. The van der Waals surface area contributed by atoms with Gasteiger partial charge in [0.15, 0.2) is 5.78 Å². The lowest BCUT2D eigenvalue weighted by atomic mass is 9.76. The van der Waals surface area contributed by atoms with Gasteiger partial charge in [0, 0.05) is 6.42 Å². The van der Waals surface area contributed by atoms with E-state index in [1.807, 2.05) is 24.3 Å². The van der Waals surface area contributed by atoms with Gasteiger partial charge in [0.25, 0.3) is 0 Å². The summed E-state index contributed by atoms with van der Waals surface area (Å²) in [7, 11) is 0. The molecule has 4 heteroatoms. The van der Waals surface area contributed by atoms with E-state index in [1.165, 1.54) is 0 Å². The molecular formula is C15H15ClN2O. The lowest BCUT2D eigenvalue weighted by molar-refractivity contribution is 0.0911. The SMILES string of the molecule is CC1(C)CC(=O)c2cnn(-c3ccccc3Cl)c2C1. The Hall–Kier alpha value is -1.61. The zero-order valence-electron chi connectivity index (χ0n) is 11.0. The number of hydrogen-bond acceptors (Lipinski definition) is 2. The third-order valence-electron chi connectivity index (χ3n) is 3.54. The second-order valence-corrected chi connectivity index (χ2v) is 6.22. The summed E-state index contributed by atoms with van der Waals surface area (Å²) < 4.78 is 1.80. The Morgan fingerprint density at radius 2 is 2.00 bits per heavy atom. The highest BCUT2D eigenvalue weighted by Gasteiger charge is 2.34. The number of benzene rings is 1. The molecule has 0 fully saturated rings. The van der Waals surface area contributed by atoms with Crippen molar-refractivity contribution in [1.82, 2.24) is 9.78 Å². The van der Waals surface area contributed by atoms with Crippen LogP contribution in [0, 0.1) is 5.41 Å². The summed E-state index contributed by atoms with van der Waals surface area (Å²) in [4.78, 5) is 12.1. The fourth-order valence-electron chi connectivity index (χ4n) is 2.65. The molecule has 0 saturated carbocycles. The molecule has 0 saturated heterocycles. The molecule has 0 amide bonds. The van der Waals surface area contributed by atoms with Crippen LogP contribution in [0.1, 0.15) is 36.3 Å². The second-order valence-electron chi connectivity index (χ2n) is 5.81. The fraction of sp³-hybridized carbons (Fsp3) is 0.333. The van der Waals surface area contributed by atoms with Crippen LogP contribution >= 0.6 is 11.6 Å². The van der Waals surface area contributed by atoms with Crippen LogP contribution in [-0.2, 0) is 6.42 Å². The van der Waals surface area contributed by atoms with Gasteiger partial charge in [-0.25, -0.2) is 4.68 Å². The molecule has 1 aliphatic rings. The normalized spacial score (nSPS) is 17.3. The van der Waals surface area contributed by atoms with Crippen molar-refractivity contribution < 1.29 is 4.79 Å². The number of fused-ring (bicyclic) bond motifs is 1. The van der Waals surface area contributed by atoms with Crippen LogP contribution in [0.2, 0.25) is 5.02 Å². The van der Waals surface area contributed by atoms with Gasteiger partial charge in [-0.1, -0.05) is 37.6 Å². The van der Waals surface area contributed by atoms with E-state index in [4.69, 9.17) is 11.6 Å².